The van der Waals surface area contributed by atoms with Gasteiger partial charge in [0, 0.05) is 43.5 Å². The number of pyridine rings is 1. The normalized spacial score (nSPS) is 11.6. The Hall–Kier alpha value is -4.31. The van der Waals surface area contributed by atoms with Gasteiger partial charge in [0.1, 0.15) is 11.6 Å². The second-order valence-electron chi connectivity index (χ2n) is 9.00. The van der Waals surface area contributed by atoms with E-state index >= 15 is 0 Å². The number of nitrogens with zero attached hydrogens (tertiary/aromatic N) is 3. The zero-order valence-corrected chi connectivity index (χ0v) is 24.1. The van der Waals surface area contributed by atoms with Gasteiger partial charge in [0.05, 0.1) is 19.3 Å². The summed E-state index contributed by atoms with van der Waals surface area (Å²) in [4.78, 5) is 10.4. The van der Waals surface area contributed by atoms with Crippen molar-refractivity contribution in [2.45, 2.75) is 0 Å². The molecule has 6 heteroatoms. The minimum absolute atomic E-state index is 0. The van der Waals surface area contributed by atoms with Gasteiger partial charge < -0.3 is 5.11 Å². The second-order valence-corrected chi connectivity index (χ2v) is 9.95. The van der Waals surface area contributed by atoms with Crippen LogP contribution < -0.4 is 0 Å². The first-order valence-electron chi connectivity index (χ1n) is 13.5. The van der Waals surface area contributed by atoms with Crippen molar-refractivity contribution in [3.05, 3.63) is 133 Å². The van der Waals surface area contributed by atoms with Crippen LogP contribution >= 0.6 is 11.3 Å². The van der Waals surface area contributed by atoms with Crippen molar-refractivity contribution in [2.24, 2.45) is 0 Å². The van der Waals surface area contributed by atoms with Crippen LogP contribution in [0.25, 0.3) is 60.9 Å². The Morgan fingerprint density at radius 1 is 0.800 bits per heavy atom. The van der Waals surface area contributed by atoms with Crippen LogP contribution in [0.2, 0.25) is 0 Å². The molecule has 0 aliphatic rings. The molecule has 0 aliphatic heterocycles. The maximum atomic E-state index is 10.7. The molecule has 3 aromatic heterocycles. The van der Waals surface area contributed by atoms with Crippen LogP contribution in [0.3, 0.4) is 0 Å². The first-order chi connectivity index (χ1) is 20.1. The Bertz CT molecular complexity index is 2040. The summed E-state index contributed by atoms with van der Waals surface area (Å²) in [5.41, 5.74) is 6.63. The van der Waals surface area contributed by atoms with E-state index in [2.05, 4.69) is 15.6 Å². The summed E-state index contributed by atoms with van der Waals surface area (Å²) < 4.78 is 19.4. The van der Waals surface area contributed by atoms with Crippen LogP contribution in [0.4, 0.5) is 0 Å². The molecule has 0 unspecified atom stereocenters. The molecule has 0 saturated heterocycles. The number of phenolic OH excluding ortho intramolecular Hbond substituents is 1. The van der Waals surface area contributed by atoms with Crippen molar-refractivity contribution < 1.29 is 28.9 Å². The van der Waals surface area contributed by atoms with Crippen molar-refractivity contribution >= 4 is 22.4 Å². The fourth-order valence-electron chi connectivity index (χ4n) is 4.80. The van der Waals surface area contributed by atoms with Crippen LogP contribution in [-0.4, -0.2) is 19.6 Å². The van der Waals surface area contributed by atoms with Gasteiger partial charge in [-0.25, -0.2) is 4.98 Å². The number of aromatic nitrogens is 3. The van der Waals surface area contributed by atoms with Crippen molar-refractivity contribution in [3.8, 4) is 55.6 Å². The van der Waals surface area contributed by atoms with E-state index in [1.165, 1.54) is 17.5 Å². The zero-order valence-electron chi connectivity index (χ0n) is 23.0. The van der Waals surface area contributed by atoms with Crippen LogP contribution in [0.15, 0.2) is 127 Å². The van der Waals surface area contributed by atoms with Crippen LogP contribution in [0.1, 0.15) is 2.74 Å². The molecule has 1 N–H and O–H groups in total. The van der Waals surface area contributed by atoms with Gasteiger partial charge in [-0.05, 0) is 53.4 Å². The van der Waals surface area contributed by atoms with Gasteiger partial charge in [0.15, 0.2) is 0 Å². The first-order valence-corrected chi connectivity index (χ1v) is 13.4. The Morgan fingerprint density at radius 2 is 1.57 bits per heavy atom. The van der Waals surface area contributed by atoms with Crippen LogP contribution in [0, 0.1) is 6.07 Å². The standard InChI is InChI=1S/C34H22N3OS.Pt/c38-31-16-5-4-13-28(31)34-36-33-27(14-7-15-30(33)37(34)26-11-2-1-3-12-26)23-9-6-10-24(21-23)29-22-25(18-19-35-29)32-17-8-20-39-32;/h1-20,22,38H;/q-1;/i18D,22D;. The fraction of sp³-hybridized carbons (Fsp3) is 0. The molecule has 0 aliphatic carbocycles. The summed E-state index contributed by atoms with van der Waals surface area (Å²) in [5.74, 6) is 0.790. The number of phenols is 1. The third-order valence-corrected chi connectivity index (χ3v) is 7.49. The molecule has 4 nitrogen and oxygen atoms in total. The molecule has 4 aromatic carbocycles. The molecule has 7 aromatic rings. The van der Waals surface area contributed by atoms with Crippen molar-refractivity contribution in [1.82, 2.24) is 14.5 Å². The third-order valence-electron chi connectivity index (χ3n) is 6.60. The SMILES string of the molecule is [2H]c1cnc(-c2[c-]c(-c3cccc4c3nc(-c3ccccc3O)n4-c3ccccc3)ccc2)c([2H])c1-c1cccs1.[Pt]. The topological polar surface area (TPSA) is 50.9 Å². The number of imidazole rings is 1. The maximum absolute atomic E-state index is 10.7. The molecule has 0 atom stereocenters. The van der Waals surface area contributed by atoms with E-state index in [0.29, 0.717) is 28.2 Å². The molecule has 7 rings (SSSR count). The number of para-hydroxylation sites is 3. The minimum atomic E-state index is 0. The van der Waals surface area contributed by atoms with Crippen molar-refractivity contribution in [2.75, 3.05) is 0 Å². The largest absolute Gasteiger partial charge is 0.507 e. The summed E-state index contributed by atoms with van der Waals surface area (Å²) in [5, 5.41) is 12.7. The number of thiophene rings is 1. The second kappa shape index (κ2) is 11.1. The summed E-state index contributed by atoms with van der Waals surface area (Å²) >= 11 is 1.50. The van der Waals surface area contributed by atoms with Crippen LogP contribution in [-0.2, 0) is 21.1 Å². The van der Waals surface area contributed by atoms with E-state index in [1.54, 1.807) is 12.1 Å². The van der Waals surface area contributed by atoms with Gasteiger partial charge in [-0.1, -0.05) is 65.7 Å². The average molecular weight is 718 g/mol. The molecular formula is C34H22N3OPtS-. The molecule has 196 valence electrons. The molecule has 0 amide bonds. The zero-order chi connectivity index (χ0) is 27.9. The monoisotopic (exact) mass is 717 g/mol. The van der Waals surface area contributed by atoms with E-state index in [1.807, 2.05) is 96.4 Å². The summed E-state index contributed by atoms with van der Waals surface area (Å²) in [6.07, 6.45) is 1.50. The number of hydrogen-bond donors (Lipinski definition) is 1. The molecular weight excluding hydrogens is 694 g/mol. The fourth-order valence-corrected chi connectivity index (χ4v) is 5.49. The van der Waals surface area contributed by atoms with Crippen molar-refractivity contribution in [1.29, 1.82) is 0 Å². The van der Waals surface area contributed by atoms with E-state index in [9.17, 15) is 5.11 Å². The molecule has 0 radical (unpaired) electrons. The first kappa shape index (κ1) is 23.6. The Morgan fingerprint density at radius 3 is 2.40 bits per heavy atom. The van der Waals surface area contributed by atoms with Gasteiger partial charge in [0.25, 0.3) is 0 Å². The smallest absolute Gasteiger partial charge is 0.148 e. The Balaban J connectivity index is 0.00000316. The number of fused-ring (bicyclic) bond motifs is 1. The molecule has 0 saturated carbocycles. The van der Waals surface area contributed by atoms with Gasteiger partial charge in [-0.15, -0.1) is 41.2 Å². The van der Waals surface area contributed by atoms with E-state index in [0.717, 1.165) is 32.7 Å². The molecule has 3 heterocycles. The van der Waals surface area contributed by atoms with Gasteiger partial charge >= 0.3 is 0 Å². The number of aromatic hydroxyl groups is 1. The number of benzene rings is 4. The van der Waals surface area contributed by atoms with Gasteiger partial charge in [-0.2, -0.15) is 0 Å². The number of rotatable bonds is 5. The maximum Gasteiger partial charge on any atom is 0.148 e. The Labute approximate surface area is 253 Å². The number of hydrogen-bond acceptors (Lipinski definition) is 4. The van der Waals surface area contributed by atoms with Crippen molar-refractivity contribution in [3.63, 3.8) is 0 Å². The van der Waals surface area contributed by atoms with Gasteiger partial charge in [-0.3, -0.25) is 9.55 Å². The molecule has 0 bridgehead atoms. The van der Waals surface area contributed by atoms with E-state index in [4.69, 9.17) is 7.73 Å². The van der Waals surface area contributed by atoms with Crippen LogP contribution in [0.5, 0.6) is 5.75 Å². The minimum Gasteiger partial charge on any atom is -0.507 e. The summed E-state index contributed by atoms with van der Waals surface area (Å²) in [6, 6.07) is 36.8. The predicted molar refractivity (Wildman–Crippen MR) is 159 cm³/mol. The Kier molecular flexibility index (Phi) is 6.51. The quantitative estimate of drug-likeness (QED) is 0.182. The van der Waals surface area contributed by atoms with E-state index in [-0.39, 0.29) is 38.9 Å². The molecule has 0 spiro atoms. The molecule has 40 heavy (non-hydrogen) atoms. The average Bonchev–Trinajstić information content (AvgIpc) is 3.66. The summed E-state index contributed by atoms with van der Waals surface area (Å²) in [7, 11) is 0. The van der Waals surface area contributed by atoms with E-state index < -0.39 is 0 Å². The predicted octanol–water partition coefficient (Wildman–Crippen LogP) is 8.65. The molecule has 0 fully saturated rings. The summed E-state index contributed by atoms with van der Waals surface area (Å²) in [6.45, 7) is 0. The third kappa shape index (κ3) is 4.68. The van der Waals surface area contributed by atoms with Gasteiger partial charge in [0.2, 0.25) is 0 Å².